The van der Waals surface area contributed by atoms with Crippen LogP contribution in [0, 0.1) is 0 Å². The second-order valence-corrected chi connectivity index (χ2v) is 4.23. The number of hydrogen-bond donors (Lipinski definition) is 1. The molecule has 82 valence electrons. The van der Waals surface area contributed by atoms with Crippen LogP contribution in [0.4, 0.5) is 0 Å². The monoisotopic (exact) mass is 233 g/mol. The van der Waals surface area contributed by atoms with Crippen molar-refractivity contribution >= 4 is 11.8 Å². The molecule has 0 bridgehead atoms. The van der Waals surface area contributed by atoms with E-state index in [1.807, 2.05) is 12.1 Å². The molecule has 2 aromatic rings. The van der Waals surface area contributed by atoms with E-state index in [4.69, 9.17) is 0 Å². The fraction of sp³-hybridized carbons (Fsp3) is 0.182. The minimum absolute atomic E-state index is 0.534. The molecule has 5 heteroatoms. The van der Waals surface area contributed by atoms with Gasteiger partial charge in [0.2, 0.25) is 0 Å². The van der Waals surface area contributed by atoms with Gasteiger partial charge in [-0.3, -0.25) is 4.98 Å². The summed E-state index contributed by atoms with van der Waals surface area (Å²) < 4.78 is 0. The summed E-state index contributed by atoms with van der Waals surface area (Å²) in [6.45, 7) is 1.72. The maximum Gasteiger partial charge on any atom is 0.121 e. The molecule has 0 aliphatic rings. The van der Waals surface area contributed by atoms with Crippen molar-refractivity contribution in [3.63, 3.8) is 0 Å². The molecule has 0 radical (unpaired) electrons. The van der Waals surface area contributed by atoms with Gasteiger partial charge in [-0.1, -0.05) is 6.07 Å². The van der Waals surface area contributed by atoms with E-state index in [-0.39, 0.29) is 0 Å². The Morgan fingerprint density at radius 1 is 1.25 bits per heavy atom. The molecule has 4 nitrogen and oxygen atoms in total. The van der Waals surface area contributed by atoms with Crippen LogP contribution in [-0.2, 0) is 0 Å². The topological polar surface area (TPSA) is 58.9 Å². The smallest absolute Gasteiger partial charge is 0.121 e. The van der Waals surface area contributed by atoms with E-state index in [2.05, 4.69) is 15.0 Å². The summed E-state index contributed by atoms with van der Waals surface area (Å²) in [7, 11) is 0. The molecule has 0 spiro atoms. The van der Waals surface area contributed by atoms with Crippen molar-refractivity contribution in [3.8, 4) is 0 Å². The highest BCUT2D eigenvalue weighted by Crippen LogP contribution is 2.29. The number of nitrogens with zero attached hydrogens (tertiary/aromatic N) is 3. The van der Waals surface area contributed by atoms with Crippen LogP contribution in [0.2, 0.25) is 0 Å². The molecule has 2 heterocycles. The summed E-state index contributed by atoms with van der Waals surface area (Å²) in [5, 5.41) is 11.1. The van der Waals surface area contributed by atoms with Crippen LogP contribution in [0.15, 0.2) is 47.0 Å². The van der Waals surface area contributed by atoms with E-state index in [9.17, 15) is 5.11 Å². The predicted molar refractivity (Wildman–Crippen MR) is 61.0 cm³/mol. The second-order valence-electron chi connectivity index (χ2n) is 3.22. The average molecular weight is 233 g/mol. The third kappa shape index (κ3) is 2.56. The van der Waals surface area contributed by atoms with Gasteiger partial charge in [0.25, 0.3) is 0 Å². The van der Waals surface area contributed by atoms with Crippen LogP contribution in [0.25, 0.3) is 0 Å². The SMILES string of the molecule is C[C@H](O)c1cccnc1Sc1cnccn1. The summed E-state index contributed by atoms with van der Waals surface area (Å²) in [6.07, 6.45) is 6.09. The van der Waals surface area contributed by atoms with Gasteiger partial charge >= 0.3 is 0 Å². The fourth-order valence-electron chi connectivity index (χ4n) is 1.24. The molecule has 16 heavy (non-hydrogen) atoms. The van der Waals surface area contributed by atoms with Crippen molar-refractivity contribution < 1.29 is 5.11 Å². The van der Waals surface area contributed by atoms with Gasteiger partial charge in [-0.15, -0.1) is 0 Å². The van der Waals surface area contributed by atoms with Gasteiger partial charge in [0.15, 0.2) is 0 Å². The van der Waals surface area contributed by atoms with E-state index in [0.717, 1.165) is 15.6 Å². The average Bonchev–Trinajstić information content (AvgIpc) is 2.31. The summed E-state index contributed by atoms with van der Waals surface area (Å²) in [5.74, 6) is 0. The summed E-state index contributed by atoms with van der Waals surface area (Å²) >= 11 is 1.40. The highest BCUT2D eigenvalue weighted by Gasteiger charge is 2.10. The quantitative estimate of drug-likeness (QED) is 0.879. The van der Waals surface area contributed by atoms with E-state index >= 15 is 0 Å². The van der Waals surface area contributed by atoms with E-state index in [1.54, 1.807) is 31.7 Å². The zero-order valence-electron chi connectivity index (χ0n) is 8.74. The summed E-state index contributed by atoms with van der Waals surface area (Å²) in [5.41, 5.74) is 0.804. The Hall–Kier alpha value is -1.46. The van der Waals surface area contributed by atoms with Gasteiger partial charge in [-0.05, 0) is 24.8 Å². The Labute approximate surface area is 97.8 Å². The predicted octanol–water partition coefficient (Wildman–Crippen LogP) is 2.08. The number of aliphatic hydroxyl groups is 1. The highest BCUT2D eigenvalue weighted by molar-refractivity contribution is 7.99. The van der Waals surface area contributed by atoms with Crippen LogP contribution in [0.1, 0.15) is 18.6 Å². The first-order valence-electron chi connectivity index (χ1n) is 4.84. The lowest BCUT2D eigenvalue weighted by Gasteiger charge is -2.09. The minimum atomic E-state index is -0.534. The Morgan fingerprint density at radius 2 is 2.12 bits per heavy atom. The molecular weight excluding hydrogens is 222 g/mol. The molecule has 0 aromatic carbocycles. The lowest BCUT2D eigenvalue weighted by atomic mass is 10.2. The first kappa shape index (κ1) is 11.0. The lowest BCUT2D eigenvalue weighted by Crippen LogP contribution is -1.96. The van der Waals surface area contributed by atoms with E-state index < -0.39 is 6.10 Å². The van der Waals surface area contributed by atoms with Crippen LogP contribution in [0.5, 0.6) is 0 Å². The maximum absolute atomic E-state index is 9.59. The van der Waals surface area contributed by atoms with E-state index in [0.29, 0.717) is 0 Å². The largest absolute Gasteiger partial charge is 0.389 e. The molecule has 0 amide bonds. The normalized spacial score (nSPS) is 12.4. The van der Waals surface area contributed by atoms with E-state index in [1.165, 1.54) is 11.8 Å². The first-order chi connectivity index (χ1) is 7.77. The van der Waals surface area contributed by atoms with Crippen molar-refractivity contribution in [2.24, 2.45) is 0 Å². The van der Waals surface area contributed by atoms with Crippen LogP contribution in [-0.4, -0.2) is 20.1 Å². The van der Waals surface area contributed by atoms with Crippen molar-refractivity contribution in [2.75, 3.05) is 0 Å². The van der Waals surface area contributed by atoms with Crippen molar-refractivity contribution in [1.82, 2.24) is 15.0 Å². The third-order valence-corrected chi connectivity index (χ3v) is 2.95. The number of aromatic nitrogens is 3. The molecule has 0 aliphatic carbocycles. The van der Waals surface area contributed by atoms with Crippen molar-refractivity contribution in [1.29, 1.82) is 0 Å². The Balaban J connectivity index is 2.28. The zero-order valence-corrected chi connectivity index (χ0v) is 9.56. The lowest BCUT2D eigenvalue weighted by molar-refractivity contribution is 0.195. The minimum Gasteiger partial charge on any atom is -0.389 e. The zero-order chi connectivity index (χ0) is 11.4. The Bertz CT molecular complexity index is 462. The highest BCUT2D eigenvalue weighted by atomic mass is 32.2. The maximum atomic E-state index is 9.59. The van der Waals surface area contributed by atoms with Crippen LogP contribution >= 0.6 is 11.8 Å². The first-order valence-corrected chi connectivity index (χ1v) is 5.66. The molecular formula is C11H11N3OS. The fourth-order valence-corrected chi connectivity index (χ4v) is 2.14. The van der Waals surface area contributed by atoms with Gasteiger partial charge in [-0.2, -0.15) is 0 Å². The van der Waals surface area contributed by atoms with Gasteiger partial charge in [0.05, 0.1) is 12.3 Å². The second kappa shape index (κ2) is 5.05. The van der Waals surface area contributed by atoms with Gasteiger partial charge in [0.1, 0.15) is 10.1 Å². The number of rotatable bonds is 3. The van der Waals surface area contributed by atoms with Crippen LogP contribution in [0.3, 0.4) is 0 Å². The molecule has 2 aromatic heterocycles. The van der Waals surface area contributed by atoms with Crippen molar-refractivity contribution in [3.05, 3.63) is 42.5 Å². The Morgan fingerprint density at radius 3 is 2.81 bits per heavy atom. The number of aliphatic hydroxyl groups excluding tert-OH is 1. The van der Waals surface area contributed by atoms with Gasteiger partial charge < -0.3 is 5.11 Å². The van der Waals surface area contributed by atoms with Crippen molar-refractivity contribution in [2.45, 2.75) is 23.1 Å². The van der Waals surface area contributed by atoms with Crippen LogP contribution < -0.4 is 0 Å². The molecule has 0 unspecified atom stereocenters. The van der Waals surface area contributed by atoms with Gasteiger partial charge in [-0.25, -0.2) is 9.97 Å². The number of hydrogen-bond acceptors (Lipinski definition) is 5. The Kier molecular flexibility index (Phi) is 3.48. The molecule has 0 aliphatic heterocycles. The third-order valence-electron chi connectivity index (χ3n) is 1.99. The molecule has 0 fully saturated rings. The molecule has 2 rings (SSSR count). The molecule has 0 saturated heterocycles. The molecule has 1 N–H and O–H groups in total. The molecule has 1 atom stereocenters. The standard InChI is InChI=1S/C11H11N3OS/c1-8(15)9-3-2-4-14-11(9)16-10-7-12-5-6-13-10/h2-8,15H,1H3/t8-/m0/s1. The molecule has 0 saturated carbocycles. The van der Waals surface area contributed by atoms with Gasteiger partial charge in [0, 0.05) is 24.2 Å². The summed E-state index contributed by atoms with van der Waals surface area (Å²) in [6, 6.07) is 3.67. The summed E-state index contributed by atoms with van der Waals surface area (Å²) in [4.78, 5) is 12.4. The number of pyridine rings is 1.